The lowest BCUT2D eigenvalue weighted by molar-refractivity contribution is 0.356. The lowest BCUT2D eigenvalue weighted by Crippen LogP contribution is -2.33. The van der Waals surface area contributed by atoms with Crippen LogP contribution in [0.5, 0.6) is 0 Å². The maximum Gasteiger partial charge on any atom is 0.350 e. The molecule has 1 fully saturated rings. The van der Waals surface area contributed by atoms with Crippen molar-refractivity contribution in [3.8, 4) is 0 Å². The smallest absolute Gasteiger partial charge is 0.314 e. The van der Waals surface area contributed by atoms with Gasteiger partial charge in [-0.25, -0.2) is 9.48 Å². The highest BCUT2D eigenvalue weighted by molar-refractivity contribution is 5.35. The van der Waals surface area contributed by atoms with Gasteiger partial charge in [0, 0.05) is 18.8 Å². The molecule has 1 aliphatic carbocycles. The first-order chi connectivity index (χ1) is 9.79. The van der Waals surface area contributed by atoms with Crippen LogP contribution < -0.4 is 11.0 Å². The third-order valence-corrected chi connectivity index (χ3v) is 4.33. The molecule has 1 N–H and O–H groups in total. The third kappa shape index (κ3) is 2.50. The highest BCUT2D eigenvalue weighted by Gasteiger charge is 2.26. The molecule has 2 aromatic heterocycles. The third-order valence-electron chi connectivity index (χ3n) is 4.33. The summed E-state index contributed by atoms with van der Waals surface area (Å²) in [5.74, 6) is 0.673. The fourth-order valence-electron chi connectivity index (χ4n) is 3.32. The first-order valence-electron chi connectivity index (χ1n) is 7.57. The van der Waals surface area contributed by atoms with Gasteiger partial charge in [0.05, 0.1) is 0 Å². The van der Waals surface area contributed by atoms with Gasteiger partial charge in [-0.2, -0.15) is 0 Å². The van der Waals surface area contributed by atoms with Crippen molar-refractivity contribution in [2.24, 2.45) is 5.92 Å². The Morgan fingerprint density at radius 2 is 2.30 bits per heavy atom. The SMILES string of the molecule is CCNC1CCCC1CCn1nc2ccccn2c1=O. The van der Waals surface area contributed by atoms with Crippen LogP contribution in [0.1, 0.15) is 32.6 Å². The zero-order valence-corrected chi connectivity index (χ0v) is 12.0. The van der Waals surface area contributed by atoms with Gasteiger partial charge in [0.1, 0.15) is 0 Å². The second-order valence-corrected chi connectivity index (χ2v) is 5.58. The van der Waals surface area contributed by atoms with Crippen molar-refractivity contribution in [1.82, 2.24) is 19.5 Å². The second-order valence-electron chi connectivity index (χ2n) is 5.58. The Morgan fingerprint density at radius 1 is 1.40 bits per heavy atom. The molecule has 1 aliphatic rings. The molecule has 0 aliphatic heterocycles. The van der Waals surface area contributed by atoms with Crippen LogP contribution >= 0.6 is 0 Å². The van der Waals surface area contributed by atoms with Crippen molar-refractivity contribution in [1.29, 1.82) is 0 Å². The van der Waals surface area contributed by atoms with Crippen LogP contribution in [0.25, 0.3) is 5.65 Å². The number of nitrogens with zero attached hydrogens (tertiary/aromatic N) is 3. The van der Waals surface area contributed by atoms with Crippen LogP contribution in [0, 0.1) is 5.92 Å². The maximum atomic E-state index is 12.2. The summed E-state index contributed by atoms with van der Waals surface area (Å²) in [4.78, 5) is 12.2. The van der Waals surface area contributed by atoms with E-state index < -0.39 is 0 Å². The molecule has 2 aromatic rings. The van der Waals surface area contributed by atoms with Crippen LogP contribution in [-0.2, 0) is 6.54 Å². The number of nitrogens with one attached hydrogen (secondary N) is 1. The van der Waals surface area contributed by atoms with Gasteiger partial charge in [0.2, 0.25) is 0 Å². The number of pyridine rings is 1. The Balaban J connectivity index is 1.71. The average molecular weight is 274 g/mol. The maximum absolute atomic E-state index is 12.2. The molecular weight excluding hydrogens is 252 g/mol. The molecule has 0 radical (unpaired) electrons. The Bertz CT molecular complexity index is 630. The van der Waals surface area contributed by atoms with Crippen LogP contribution in [-0.4, -0.2) is 26.8 Å². The summed E-state index contributed by atoms with van der Waals surface area (Å²) >= 11 is 0. The van der Waals surface area contributed by atoms with Crippen molar-refractivity contribution in [2.75, 3.05) is 6.54 Å². The zero-order valence-electron chi connectivity index (χ0n) is 12.0. The van der Waals surface area contributed by atoms with Crippen molar-refractivity contribution >= 4 is 5.65 Å². The van der Waals surface area contributed by atoms with E-state index in [0.29, 0.717) is 18.5 Å². The Hall–Kier alpha value is -1.62. The standard InChI is InChI=1S/C15H22N4O/c1-2-16-13-7-5-6-12(13)9-11-19-15(20)18-10-4-3-8-14(18)17-19/h3-4,8,10,12-13,16H,2,5-7,9,11H2,1H3. The molecule has 108 valence electrons. The highest BCUT2D eigenvalue weighted by Crippen LogP contribution is 2.28. The molecule has 5 heteroatoms. The minimum atomic E-state index is -0.0291. The number of aromatic nitrogens is 3. The molecule has 3 rings (SSSR count). The van der Waals surface area contributed by atoms with E-state index in [9.17, 15) is 4.79 Å². The van der Waals surface area contributed by atoms with Gasteiger partial charge < -0.3 is 5.32 Å². The molecule has 20 heavy (non-hydrogen) atoms. The van der Waals surface area contributed by atoms with Crippen LogP contribution in [0.2, 0.25) is 0 Å². The van der Waals surface area contributed by atoms with E-state index in [1.165, 1.54) is 19.3 Å². The van der Waals surface area contributed by atoms with Crippen LogP contribution in [0.3, 0.4) is 0 Å². The van der Waals surface area contributed by atoms with E-state index in [-0.39, 0.29) is 5.69 Å². The van der Waals surface area contributed by atoms with Gasteiger partial charge in [0.25, 0.3) is 0 Å². The summed E-state index contributed by atoms with van der Waals surface area (Å²) in [7, 11) is 0. The number of rotatable bonds is 5. The minimum Gasteiger partial charge on any atom is -0.314 e. The first kappa shape index (κ1) is 13.4. The molecular formula is C15H22N4O. The van der Waals surface area contributed by atoms with Crippen LogP contribution in [0.4, 0.5) is 0 Å². The predicted octanol–water partition coefficient (Wildman–Crippen LogP) is 1.66. The zero-order chi connectivity index (χ0) is 13.9. The van der Waals surface area contributed by atoms with E-state index in [4.69, 9.17) is 0 Å². The Kier molecular flexibility index (Phi) is 3.87. The predicted molar refractivity (Wildman–Crippen MR) is 78.9 cm³/mol. The molecule has 0 bridgehead atoms. The molecule has 0 saturated heterocycles. The summed E-state index contributed by atoms with van der Waals surface area (Å²) in [5, 5.41) is 7.95. The van der Waals surface area contributed by atoms with E-state index in [1.807, 2.05) is 18.2 Å². The first-order valence-corrected chi connectivity index (χ1v) is 7.57. The largest absolute Gasteiger partial charge is 0.350 e. The summed E-state index contributed by atoms with van der Waals surface area (Å²) in [6.07, 6.45) is 6.63. The van der Waals surface area contributed by atoms with Gasteiger partial charge in [0.15, 0.2) is 5.65 Å². The number of hydrogen-bond acceptors (Lipinski definition) is 3. The molecule has 5 nitrogen and oxygen atoms in total. The van der Waals surface area contributed by atoms with Crippen molar-refractivity contribution < 1.29 is 0 Å². The van der Waals surface area contributed by atoms with E-state index >= 15 is 0 Å². The van der Waals surface area contributed by atoms with Gasteiger partial charge in [-0.1, -0.05) is 19.4 Å². The average Bonchev–Trinajstić information content (AvgIpc) is 3.03. The summed E-state index contributed by atoms with van der Waals surface area (Å²) in [5.41, 5.74) is 0.700. The van der Waals surface area contributed by atoms with Gasteiger partial charge >= 0.3 is 5.69 Å². The van der Waals surface area contributed by atoms with Crippen LogP contribution in [0.15, 0.2) is 29.2 Å². The molecule has 1 saturated carbocycles. The quantitative estimate of drug-likeness (QED) is 0.902. The minimum absolute atomic E-state index is 0.0291. The van der Waals surface area contributed by atoms with Gasteiger partial charge in [-0.15, -0.1) is 5.10 Å². The van der Waals surface area contributed by atoms with Crippen molar-refractivity contribution in [3.63, 3.8) is 0 Å². The van der Waals surface area contributed by atoms with E-state index in [1.54, 1.807) is 15.3 Å². The summed E-state index contributed by atoms with van der Waals surface area (Å²) < 4.78 is 3.22. The fraction of sp³-hybridized carbons (Fsp3) is 0.600. The second kappa shape index (κ2) is 5.79. The van der Waals surface area contributed by atoms with E-state index in [2.05, 4.69) is 17.3 Å². The lowest BCUT2D eigenvalue weighted by atomic mass is 9.99. The highest BCUT2D eigenvalue weighted by atomic mass is 16.2. The van der Waals surface area contributed by atoms with Crippen molar-refractivity contribution in [3.05, 3.63) is 34.9 Å². The van der Waals surface area contributed by atoms with Gasteiger partial charge in [-0.05, 0) is 43.9 Å². The summed E-state index contributed by atoms with van der Waals surface area (Å²) in [6, 6.07) is 6.25. The number of fused-ring (bicyclic) bond motifs is 1. The lowest BCUT2D eigenvalue weighted by Gasteiger charge is -2.19. The monoisotopic (exact) mass is 274 g/mol. The topological polar surface area (TPSA) is 51.3 Å². The number of aryl methyl sites for hydroxylation is 1. The summed E-state index contributed by atoms with van der Waals surface area (Å²) in [6.45, 7) is 3.89. The fourth-order valence-corrected chi connectivity index (χ4v) is 3.32. The van der Waals surface area contributed by atoms with Crippen molar-refractivity contribution in [2.45, 2.75) is 45.2 Å². The molecule has 0 aromatic carbocycles. The molecule has 0 amide bonds. The van der Waals surface area contributed by atoms with E-state index in [0.717, 1.165) is 18.6 Å². The normalized spacial score (nSPS) is 22.6. The number of hydrogen-bond donors (Lipinski definition) is 1. The molecule has 2 atom stereocenters. The molecule has 2 heterocycles. The molecule has 0 spiro atoms. The Labute approximate surface area is 118 Å². The molecule has 2 unspecified atom stereocenters. The van der Waals surface area contributed by atoms with Gasteiger partial charge in [-0.3, -0.25) is 4.40 Å². The Morgan fingerprint density at radius 3 is 3.10 bits per heavy atom.